The summed E-state index contributed by atoms with van der Waals surface area (Å²) in [6.45, 7) is 1.06. The molecule has 0 saturated carbocycles. The van der Waals surface area contributed by atoms with Crippen LogP contribution in [0.3, 0.4) is 0 Å². The maximum atomic E-state index is 8.93. The van der Waals surface area contributed by atoms with Gasteiger partial charge < -0.3 is 10.2 Å². The Kier molecular flexibility index (Phi) is 6.45. The van der Waals surface area contributed by atoms with Crippen molar-refractivity contribution in [3.8, 4) is 11.8 Å². The van der Waals surface area contributed by atoms with E-state index in [9.17, 15) is 0 Å². The first-order valence-electron chi connectivity index (χ1n) is 8.45. The first-order valence-corrected chi connectivity index (χ1v) is 8.83. The molecule has 4 nitrogen and oxygen atoms in total. The number of ether oxygens (including phenoxy) is 1. The van der Waals surface area contributed by atoms with Crippen LogP contribution in [0.5, 0.6) is 5.75 Å². The molecular weight excluding hydrogens is 358 g/mol. The quantitative estimate of drug-likeness (QED) is 0.471. The smallest absolute Gasteiger partial charge is 0.119 e. The SMILES string of the molecule is N#Cc1cccc(COc2ccc(/C=N\NCc3ccc(Cl)cc3)cc2)c1. The van der Waals surface area contributed by atoms with Gasteiger partial charge in [0.1, 0.15) is 12.4 Å². The third kappa shape index (κ3) is 5.88. The summed E-state index contributed by atoms with van der Waals surface area (Å²) in [6, 6.07) is 24.8. The van der Waals surface area contributed by atoms with Crippen LogP contribution < -0.4 is 10.2 Å². The number of hydrazone groups is 1. The van der Waals surface area contributed by atoms with Gasteiger partial charge >= 0.3 is 0 Å². The maximum Gasteiger partial charge on any atom is 0.119 e. The van der Waals surface area contributed by atoms with Crippen LogP contribution in [0.2, 0.25) is 5.02 Å². The molecule has 5 heteroatoms. The van der Waals surface area contributed by atoms with Crippen LogP contribution >= 0.6 is 11.6 Å². The second-order valence-corrected chi connectivity index (χ2v) is 6.33. The molecule has 0 unspecified atom stereocenters. The molecule has 1 N–H and O–H groups in total. The van der Waals surface area contributed by atoms with E-state index in [0.717, 1.165) is 27.5 Å². The van der Waals surface area contributed by atoms with E-state index < -0.39 is 0 Å². The molecule has 0 amide bonds. The minimum atomic E-state index is 0.422. The summed E-state index contributed by atoms with van der Waals surface area (Å²) in [6.07, 6.45) is 1.76. The number of rotatable bonds is 7. The molecule has 3 aromatic carbocycles. The van der Waals surface area contributed by atoms with Gasteiger partial charge in [0.25, 0.3) is 0 Å². The molecule has 0 fully saturated rings. The summed E-state index contributed by atoms with van der Waals surface area (Å²) in [5, 5.41) is 13.9. The van der Waals surface area contributed by atoms with E-state index in [2.05, 4.69) is 16.6 Å². The highest BCUT2D eigenvalue weighted by Crippen LogP contribution is 2.14. The predicted octanol–water partition coefficient (Wildman–Crippen LogP) is 4.91. The molecule has 0 saturated heterocycles. The fourth-order valence-corrected chi connectivity index (χ4v) is 2.53. The van der Waals surface area contributed by atoms with Crippen molar-refractivity contribution in [2.45, 2.75) is 13.2 Å². The number of hydrogen-bond acceptors (Lipinski definition) is 4. The zero-order valence-corrected chi connectivity index (χ0v) is 15.4. The number of benzene rings is 3. The Morgan fingerprint density at radius 3 is 2.52 bits per heavy atom. The van der Waals surface area contributed by atoms with Crippen LogP contribution in [0.1, 0.15) is 22.3 Å². The maximum absolute atomic E-state index is 8.93. The molecular formula is C22H18ClN3O. The standard InChI is InChI=1S/C22H18ClN3O/c23-21-8-4-17(5-9-21)14-25-26-15-18-6-10-22(11-7-18)27-16-20-3-1-2-19(12-20)13-24/h1-12,15,25H,14,16H2/b26-15-. The summed E-state index contributed by atoms with van der Waals surface area (Å²) in [4.78, 5) is 0. The second kappa shape index (κ2) is 9.42. The Balaban J connectivity index is 1.48. The Morgan fingerprint density at radius 1 is 1.00 bits per heavy atom. The highest BCUT2D eigenvalue weighted by atomic mass is 35.5. The van der Waals surface area contributed by atoms with Crippen molar-refractivity contribution in [1.29, 1.82) is 5.26 Å². The van der Waals surface area contributed by atoms with Crippen LogP contribution in [0.4, 0.5) is 0 Å². The lowest BCUT2D eigenvalue weighted by Crippen LogP contribution is -2.05. The van der Waals surface area contributed by atoms with Gasteiger partial charge in [0.05, 0.1) is 24.4 Å². The van der Waals surface area contributed by atoms with E-state index in [-0.39, 0.29) is 0 Å². The molecule has 0 heterocycles. The highest BCUT2D eigenvalue weighted by molar-refractivity contribution is 6.30. The van der Waals surface area contributed by atoms with Crippen molar-refractivity contribution in [3.63, 3.8) is 0 Å². The van der Waals surface area contributed by atoms with E-state index in [1.54, 1.807) is 12.3 Å². The van der Waals surface area contributed by atoms with Crippen molar-refractivity contribution >= 4 is 17.8 Å². The Labute approximate surface area is 163 Å². The molecule has 0 bridgehead atoms. The van der Waals surface area contributed by atoms with Crippen LogP contribution in [0.25, 0.3) is 0 Å². The normalized spacial score (nSPS) is 10.5. The molecule has 27 heavy (non-hydrogen) atoms. The Bertz CT molecular complexity index is 945. The number of nitrogens with one attached hydrogen (secondary N) is 1. The van der Waals surface area contributed by atoms with Gasteiger partial charge in [-0.1, -0.05) is 35.9 Å². The van der Waals surface area contributed by atoms with Gasteiger partial charge in [0.2, 0.25) is 0 Å². The average Bonchev–Trinajstić information content (AvgIpc) is 2.72. The van der Waals surface area contributed by atoms with Crippen molar-refractivity contribution in [3.05, 3.63) is 100 Å². The number of hydrogen-bond donors (Lipinski definition) is 1. The van der Waals surface area contributed by atoms with Gasteiger partial charge in [0, 0.05) is 5.02 Å². The van der Waals surface area contributed by atoms with Gasteiger partial charge in [-0.25, -0.2) is 0 Å². The largest absolute Gasteiger partial charge is 0.489 e. The van der Waals surface area contributed by atoms with Crippen LogP contribution in [0, 0.1) is 11.3 Å². The van der Waals surface area contributed by atoms with E-state index in [0.29, 0.717) is 18.7 Å². The third-order valence-electron chi connectivity index (χ3n) is 3.84. The van der Waals surface area contributed by atoms with Crippen LogP contribution in [-0.4, -0.2) is 6.21 Å². The fourth-order valence-electron chi connectivity index (χ4n) is 2.41. The van der Waals surface area contributed by atoms with Crippen molar-refractivity contribution in [2.24, 2.45) is 5.10 Å². The molecule has 0 radical (unpaired) electrons. The fraction of sp³-hybridized carbons (Fsp3) is 0.0909. The summed E-state index contributed by atoms with van der Waals surface area (Å²) >= 11 is 5.86. The zero-order valence-electron chi connectivity index (χ0n) is 14.6. The molecule has 0 aliphatic carbocycles. The second-order valence-electron chi connectivity index (χ2n) is 5.89. The monoisotopic (exact) mass is 375 g/mol. The molecule has 3 rings (SSSR count). The van der Waals surface area contributed by atoms with Crippen molar-refractivity contribution < 1.29 is 4.74 Å². The van der Waals surface area contributed by atoms with E-state index in [1.807, 2.05) is 66.7 Å². The highest BCUT2D eigenvalue weighted by Gasteiger charge is 1.98. The third-order valence-corrected chi connectivity index (χ3v) is 4.10. The first kappa shape index (κ1) is 18.5. The molecule has 134 valence electrons. The van der Waals surface area contributed by atoms with Gasteiger partial charge in [-0.2, -0.15) is 10.4 Å². The van der Waals surface area contributed by atoms with Gasteiger partial charge in [-0.15, -0.1) is 0 Å². The number of halogens is 1. The van der Waals surface area contributed by atoms with Crippen LogP contribution in [0.15, 0.2) is 77.9 Å². The van der Waals surface area contributed by atoms with Gasteiger partial charge in [-0.05, 0) is 65.2 Å². The molecule has 0 aliphatic heterocycles. The first-order chi connectivity index (χ1) is 13.2. The summed E-state index contributed by atoms with van der Waals surface area (Å²) < 4.78 is 5.76. The average molecular weight is 376 g/mol. The van der Waals surface area contributed by atoms with Gasteiger partial charge in [0.15, 0.2) is 0 Å². The molecule has 0 spiro atoms. The van der Waals surface area contributed by atoms with Crippen molar-refractivity contribution in [1.82, 2.24) is 5.43 Å². The lowest BCUT2D eigenvalue weighted by atomic mass is 10.1. The number of nitriles is 1. The van der Waals surface area contributed by atoms with Gasteiger partial charge in [-0.3, -0.25) is 0 Å². The summed E-state index contributed by atoms with van der Waals surface area (Å²) in [5.74, 6) is 0.767. The topological polar surface area (TPSA) is 57.4 Å². The molecule has 3 aromatic rings. The Morgan fingerprint density at radius 2 is 1.78 bits per heavy atom. The Hall–Kier alpha value is -3.29. The molecule has 0 atom stereocenters. The minimum Gasteiger partial charge on any atom is -0.489 e. The lowest BCUT2D eigenvalue weighted by molar-refractivity contribution is 0.306. The van der Waals surface area contributed by atoms with E-state index >= 15 is 0 Å². The minimum absolute atomic E-state index is 0.422. The summed E-state index contributed by atoms with van der Waals surface area (Å²) in [5.41, 5.74) is 6.69. The van der Waals surface area contributed by atoms with E-state index in [1.165, 1.54) is 0 Å². The van der Waals surface area contributed by atoms with Crippen molar-refractivity contribution in [2.75, 3.05) is 0 Å². The summed E-state index contributed by atoms with van der Waals surface area (Å²) in [7, 11) is 0. The number of nitrogens with zero attached hydrogens (tertiary/aromatic N) is 2. The zero-order chi connectivity index (χ0) is 18.9. The molecule has 0 aromatic heterocycles. The lowest BCUT2D eigenvalue weighted by Gasteiger charge is -2.07. The van der Waals surface area contributed by atoms with E-state index in [4.69, 9.17) is 21.6 Å². The van der Waals surface area contributed by atoms with Crippen LogP contribution in [-0.2, 0) is 13.2 Å². The molecule has 0 aliphatic rings. The predicted molar refractivity (Wildman–Crippen MR) is 108 cm³/mol.